The third-order valence-corrected chi connectivity index (χ3v) is 3.95. The number of anilines is 1. The lowest BCUT2D eigenvalue weighted by molar-refractivity contribution is 0.460. The van der Waals surface area contributed by atoms with Crippen molar-refractivity contribution < 1.29 is 0 Å². The predicted molar refractivity (Wildman–Crippen MR) is 78.8 cm³/mol. The van der Waals surface area contributed by atoms with Crippen LogP contribution in [0.25, 0.3) is 5.69 Å². The number of para-hydroxylation sites is 1. The van der Waals surface area contributed by atoms with Gasteiger partial charge in [-0.05, 0) is 31.4 Å². The van der Waals surface area contributed by atoms with Gasteiger partial charge in [0.25, 0.3) is 0 Å². The van der Waals surface area contributed by atoms with Gasteiger partial charge in [0.1, 0.15) is 0 Å². The topological polar surface area (TPSA) is 29.9 Å². The molecule has 0 saturated heterocycles. The Kier molecular flexibility index (Phi) is 3.53. The summed E-state index contributed by atoms with van der Waals surface area (Å²) >= 11 is 0. The number of benzene rings is 1. The lowest BCUT2D eigenvalue weighted by Gasteiger charge is -2.24. The maximum absolute atomic E-state index is 4.48. The molecule has 1 saturated carbocycles. The molecule has 2 aromatic rings. The van der Waals surface area contributed by atoms with Gasteiger partial charge in [-0.15, -0.1) is 0 Å². The highest BCUT2D eigenvalue weighted by Crippen LogP contribution is 2.23. The zero-order chi connectivity index (χ0) is 13.1. The molecule has 100 valence electrons. The van der Waals surface area contributed by atoms with Crippen molar-refractivity contribution in [3.8, 4) is 5.69 Å². The first-order chi connectivity index (χ1) is 9.34. The van der Waals surface area contributed by atoms with Crippen molar-refractivity contribution in [2.24, 2.45) is 0 Å². The Hall–Kier alpha value is -1.77. The summed E-state index contributed by atoms with van der Waals surface area (Å²) < 4.78 is 2.16. The number of nitrogens with one attached hydrogen (secondary N) is 1. The number of aromatic nitrogens is 2. The molecule has 3 nitrogen and oxygen atoms in total. The molecule has 1 N–H and O–H groups in total. The molecule has 0 aliphatic heterocycles. The van der Waals surface area contributed by atoms with Crippen molar-refractivity contribution in [3.05, 3.63) is 42.2 Å². The molecule has 3 rings (SSSR count). The fourth-order valence-electron chi connectivity index (χ4n) is 2.87. The summed E-state index contributed by atoms with van der Waals surface area (Å²) in [6.45, 7) is 2.14. The average Bonchev–Trinajstić information content (AvgIpc) is 2.88. The van der Waals surface area contributed by atoms with E-state index in [1.807, 2.05) is 12.4 Å². The summed E-state index contributed by atoms with van der Waals surface area (Å²) in [7, 11) is 0. The van der Waals surface area contributed by atoms with Gasteiger partial charge >= 0.3 is 0 Å². The number of aryl methyl sites for hydroxylation is 1. The Labute approximate surface area is 114 Å². The smallest absolute Gasteiger partial charge is 0.207 e. The van der Waals surface area contributed by atoms with Gasteiger partial charge in [-0.3, -0.25) is 4.57 Å². The van der Waals surface area contributed by atoms with Crippen LogP contribution >= 0.6 is 0 Å². The minimum Gasteiger partial charge on any atom is -0.353 e. The summed E-state index contributed by atoms with van der Waals surface area (Å²) in [4.78, 5) is 4.48. The molecule has 1 fully saturated rings. The van der Waals surface area contributed by atoms with Gasteiger partial charge in [-0.1, -0.05) is 37.5 Å². The highest BCUT2D eigenvalue weighted by molar-refractivity contribution is 5.47. The van der Waals surface area contributed by atoms with E-state index in [-0.39, 0.29) is 0 Å². The van der Waals surface area contributed by atoms with Crippen molar-refractivity contribution in [1.29, 1.82) is 0 Å². The summed E-state index contributed by atoms with van der Waals surface area (Å²) in [6, 6.07) is 9.01. The third kappa shape index (κ3) is 2.65. The Balaban J connectivity index is 1.84. The molecule has 0 amide bonds. The molecular weight excluding hydrogens is 234 g/mol. The van der Waals surface area contributed by atoms with Crippen LogP contribution in [0, 0.1) is 6.92 Å². The van der Waals surface area contributed by atoms with E-state index in [0.717, 1.165) is 5.95 Å². The van der Waals surface area contributed by atoms with Crippen LogP contribution in [0.2, 0.25) is 0 Å². The summed E-state index contributed by atoms with van der Waals surface area (Å²) in [6.07, 6.45) is 10.5. The molecule has 0 unspecified atom stereocenters. The van der Waals surface area contributed by atoms with E-state index >= 15 is 0 Å². The molecular formula is C16H21N3. The second kappa shape index (κ2) is 5.47. The van der Waals surface area contributed by atoms with Gasteiger partial charge in [-0.25, -0.2) is 4.98 Å². The zero-order valence-electron chi connectivity index (χ0n) is 11.5. The molecule has 1 aliphatic carbocycles. The quantitative estimate of drug-likeness (QED) is 0.900. The highest BCUT2D eigenvalue weighted by Gasteiger charge is 2.15. The van der Waals surface area contributed by atoms with Crippen LogP contribution < -0.4 is 5.32 Å². The van der Waals surface area contributed by atoms with Crippen LogP contribution in [-0.2, 0) is 0 Å². The maximum atomic E-state index is 4.48. The van der Waals surface area contributed by atoms with E-state index in [1.165, 1.54) is 43.4 Å². The number of nitrogens with zero attached hydrogens (tertiary/aromatic N) is 2. The van der Waals surface area contributed by atoms with Crippen LogP contribution in [0.1, 0.15) is 37.7 Å². The van der Waals surface area contributed by atoms with Crippen molar-refractivity contribution in [2.45, 2.75) is 45.1 Å². The minimum atomic E-state index is 0.582. The number of imidazole rings is 1. The van der Waals surface area contributed by atoms with Gasteiger partial charge in [0.2, 0.25) is 5.95 Å². The molecule has 1 aliphatic rings. The Morgan fingerprint density at radius 1 is 1.16 bits per heavy atom. The molecule has 1 aromatic carbocycles. The van der Waals surface area contributed by atoms with Gasteiger partial charge in [0.15, 0.2) is 0 Å². The van der Waals surface area contributed by atoms with Gasteiger partial charge in [0.05, 0.1) is 5.69 Å². The molecule has 3 heteroatoms. The molecule has 0 bridgehead atoms. The first-order valence-electron chi connectivity index (χ1n) is 7.20. The van der Waals surface area contributed by atoms with Crippen LogP contribution in [0.4, 0.5) is 5.95 Å². The first kappa shape index (κ1) is 12.3. The second-order valence-corrected chi connectivity index (χ2v) is 5.39. The fraction of sp³-hybridized carbons (Fsp3) is 0.438. The van der Waals surface area contributed by atoms with Crippen LogP contribution in [-0.4, -0.2) is 15.6 Å². The average molecular weight is 255 g/mol. The predicted octanol–water partition coefficient (Wildman–Crippen LogP) is 3.93. The van der Waals surface area contributed by atoms with Crippen molar-refractivity contribution in [1.82, 2.24) is 9.55 Å². The van der Waals surface area contributed by atoms with E-state index in [9.17, 15) is 0 Å². The summed E-state index contributed by atoms with van der Waals surface area (Å²) in [5.41, 5.74) is 2.48. The Morgan fingerprint density at radius 3 is 2.74 bits per heavy atom. The van der Waals surface area contributed by atoms with Gasteiger partial charge < -0.3 is 5.32 Å². The largest absolute Gasteiger partial charge is 0.353 e. The van der Waals surface area contributed by atoms with Crippen molar-refractivity contribution >= 4 is 5.95 Å². The minimum absolute atomic E-state index is 0.582. The SMILES string of the molecule is Cc1ccccc1-n1ccnc1NC1CCCCC1. The van der Waals surface area contributed by atoms with Gasteiger partial charge in [0, 0.05) is 18.4 Å². The van der Waals surface area contributed by atoms with E-state index in [4.69, 9.17) is 0 Å². The fourth-order valence-corrected chi connectivity index (χ4v) is 2.87. The zero-order valence-corrected chi connectivity index (χ0v) is 11.5. The van der Waals surface area contributed by atoms with Crippen LogP contribution in [0.3, 0.4) is 0 Å². The molecule has 1 aromatic heterocycles. The first-order valence-corrected chi connectivity index (χ1v) is 7.20. The standard InChI is InChI=1S/C16H21N3/c1-13-7-5-6-10-15(13)19-12-11-17-16(19)18-14-8-3-2-4-9-14/h5-7,10-12,14H,2-4,8-9H2,1H3,(H,17,18). The van der Waals surface area contributed by atoms with E-state index in [1.54, 1.807) is 0 Å². The number of hydrogen-bond acceptors (Lipinski definition) is 2. The Morgan fingerprint density at radius 2 is 1.95 bits per heavy atom. The molecule has 0 atom stereocenters. The second-order valence-electron chi connectivity index (χ2n) is 5.39. The number of hydrogen-bond donors (Lipinski definition) is 1. The maximum Gasteiger partial charge on any atom is 0.207 e. The molecule has 0 radical (unpaired) electrons. The third-order valence-electron chi connectivity index (χ3n) is 3.95. The van der Waals surface area contributed by atoms with Gasteiger partial charge in [-0.2, -0.15) is 0 Å². The van der Waals surface area contributed by atoms with Crippen LogP contribution in [0.5, 0.6) is 0 Å². The lowest BCUT2D eigenvalue weighted by atomic mass is 9.96. The lowest BCUT2D eigenvalue weighted by Crippen LogP contribution is -2.24. The molecule has 1 heterocycles. The summed E-state index contributed by atoms with van der Waals surface area (Å²) in [5, 5.41) is 3.61. The van der Waals surface area contributed by atoms with E-state index in [2.05, 4.69) is 46.1 Å². The Bertz CT molecular complexity index is 538. The highest BCUT2D eigenvalue weighted by atomic mass is 15.2. The van der Waals surface area contributed by atoms with E-state index < -0.39 is 0 Å². The molecule has 0 spiro atoms. The van der Waals surface area contributed by atoms with Crippen molar-refractivity contribution in [2.75, 3.05) is 5.32 Å². The summed E-state index contributed by atoms with van der Waals surface area (Å²) in [5.74, 6) is 0.973. The normalized spacial score (nSPS) is 16.5. The monoisotopic (exact) mass is 255 g/mol. The van der Waals surface area contributed by atoms with Crippen molar-refractivity contribution in [3.63, 3.8) is 0 Å². The van der Waals surface area contributed by atoms with Crippen LogP contribution in [0.15, 0.2) is 36.7 Å². The number of rotatable bonds is 3. The van der Waals surface area contributed by atoms with E-state index in [0.29, 0.717) is 6.04 Å². The molecule has 19 heavy (non-hydrogen) atoms.